The predicted octanol–water partition coefficient (Wildman–Crippen LogP) is 10.1. The molecule has 0 radical (unpaired) electrons. The number of aliphatic carboxylic acids is 1. The van der Waals surface area contributed by atoms with Gasteiger partial charge in [-0.25, -0.2) is 50.3 Å². The molecule has 0 unspecified atom stereocenters. The van der Waals surface area contributed by atoms with Crippen molar-refractivity contribution >= 4 is 71.3 Å². The summed E-state index contributed by atoms with van der Waals surface area (Å²) in [4.78, 5) is 102. The van der Waals surface area contributed by atoms with Crippen LogP contribution in [0.15, 0.2) is 72.8 Å². The Balaban J connectivity index is 0.000000339. The number of ether oxygens (including phenoxy) is 6. The number of nitrogens with two attached hydrogens (primary N) is 1. The third kappa shape index (κ3) is 26.7. The molecule has 2 aliphatic rings. The number of esters is 2. The van der Waals surface area contributed by atoms with Crippen LogP contribution in [0.5, 0.6) is 11.5 Å². The van der Waals surface area contributed by atoms with E-state index in [2.05, 4.69) is 16.0 Å². The van der Waals surface area contributed by atoms with Crippen molar-refractivity contribution in [1.82, 2.24) is 25.8 Å². The second-order valence-corrected chi connectivity index (χ2v) is 26.8. The van der Waals surface area contributed by atoms with E-state index in [0.717, 1.165) is 27.8 Å². The minimum Gasteiger partial charge on any atom is -0.479 e. The highest BCUT2D eigenvalue weighted by atomic mass is 32.2. The second kappa shape index (κ2) is 37.4. The summed E-state index contributed by atoms with van der Waals surface area (Å²) in [6.07, 6.45) is -4.48. The van der Waals surface area contributed by atoms with E-state index >= 15 is 0 Å². The highest BCUT2D eigenvalue weighted by molar-refractivity contribution is 8.01. The number of nitrogens with one attached hydrogen (secondary N) is 3. The summed E-state index contributed by atoms with van der Waals surface area (Å²) < 4.78 is 115. The number of thioether (sulfide) groups is 2. The molecule has 0 saturated carbocycles. The van der Waals surface area contributed by atoms with Crippen LogP contribution in [0.1, 0.15) is 118 Å². The Kier molecular flexibility index (Phi) is 31.3. The summed E-state index contributed by atoms with van der Waals surface area (Å²) in [5, 5.41) is 15.1. The van der Waals surface area contributed by atoms with E-state index in [4.69, 9.17) is 34.2 Å². The lowest BCUT2D eigenvalue weighted by atomic mass is 10.0. The fourth-order valence-corrected chi connectivity index (χ4v) is 11.4. The maximum atomic E-state index is 14.5. The van der Waals surface area contributed by atoms with Crippen LogP contribution in [0.3, 0.4) is 0 Å². The van der Waals surface area contributed by atoms with Crippen LogP contribution in [0.25, 0.3) is 0 Å². The maximum Gasteiger partial charge on any atom is 0.407 e. The molecular formula is C66H86F6N6O15S2. The van der Waals surface area contributed by atoms with Gasteiger partial charge >= 0.3 is 30.1 Å². The van der Waals surface area contributed by atoms with Crippen LogP contribution in [0.4, 0.5) is 35.9 Å². The van der Waals surface area contributed by atoms with Crippen LogP contribution >= 0.6 is 23.5 Å². The molecule has 95 heavy (non-hydrogen) atoms. The van der Waals surface area contributed by atoms with E-state index in [0.29, 0.717) is 60.4 Å². The van der Waals surface area contributed by atoms with Crippen molar-refractivity contribution in [3.05, 3.63) is 130 Å². The zero-order chi connectivity index (χ0) is 71.1. The first kappa shape index (κ1) is 79.5. The summed E-state index contributed by atoms with van der Waals surface area (Å²) in [6.45, 7) is 22.6. The molecule has 2 fully saturated rings. The minimum absolute atomic E-state index is 0.0539. The molecule has 524 valence electrons. The molecule has 5 amide bonds. The third-order valence-electron chi connectivity index (χ3n) is 13.6. The van der Waals surface area contributed by atoms with Gasteiger partial charge in [0.1, 0.15) is 34.3 Å². The van der Waals surface area contributed by atoms with Crippen molar-refractivity contribution in [2.24, 2.45) is 17.6 Å². The standard InChI is InChI=1S/C33H42F3N3O7S.C19H23F3N2O5S.C14H21NO3/c1-7-44-31(42)28(19(2)3)45-23-10-8-20(9-11-23)18-37-29(41)30-39(12-13-47-30)27(40)16-22(38-32(43)46-33(4,5)6)14-21-15-25(35)26(36)17-24(21)34;1-19(2,3)29-18(28)23-11(6-10-7-13(21)14(22)9-12(10)20)8-15(25)24-4-5-30-16(24)17(26)27;1-4-17-14(16)13(10(2)3)18-12-7-5-11(9-15)6-8-12/h8-11,15,17,19,22,28,30H,7,12-14,16,18H2,1-6H3,(H,37,41)(H,38,43);7,9,11,16H,4-6,8H2,1-3H3,(H,23,28)(H,26,27);5-8,10,13H,4,9,15H2,1-3H3/t22-,28-,30+;11-,16+;13-/m111/s1. The average Bonchev–Trinajstić information content (AvgIpc) is 2.23. The van der Waals surface area contributed by atoms with E-state index in [1.165, 1.54) is 16.7 Å². The van der Waals surface area contributed by atoms with Crippen LogP contribution in [-0.2, 0) is 73.6 Å². The van der Waals surface area contributed by atoms with Gasteiger partial charge in [-0.3, -0.25) is 14.4 Å². The second-order valence-electron chi connectivity index (χ2n) is 24.5. The van der Waals surface area contributed by atoms with E-state index in [1.807, 2.05) is 52.0 Å². The third-order valence-corrected chi connectivity index (χ3v) is 16.0. The normalized spacial score (nSPS) is 15.8. The van der Waals surface area contributed by atoms with Gasteiger partial charge in [-0.05, 0) is 127 Å². The molecule has 21 nitrogen and oxygen atoms in total. The zero-order valence-electron chi connectivity index (χ0n) is 55.3. The van der Waals surface area contributed by atoms with Gasteiger partial charge in [-0.2, -0.15) is 0 Å². The molecule has 6 N–H and O–H groups in total. The van der Waals surface area contributed by atoms with Gasteiger partial charge in [0, 0.05) is 86.6 Å². The highest BCUT2D eigenvalue weighted by Crippen LogP contribution is 2.29. The van der Waals surface area contributed by atoms with Crippen LogP contribution in [0.2, 0.25) is 0 Å². The van der Waals surface area contributed by atoms with Gasteiger partial charge in [0.25, 0.3) is 5.91 Å². The number of rotatable bonds is 25. The molecule has 4 aromatic carbocycles. The molecule has 2 saturated heterocycles. The Labute approximate surface area is 557 Å². The summed E-state index contributed by atoms with van der Waals surface area (Å²) in [6, 6.07) is 14.3. The predicted molar refractivity (Wildman–Crippen MR) is 344 cm³/mol. The van der Waals surface area contributed by atoms with Crippen molar-refractivity contribution in [2.75, 3.05) is 37.8 Å². The number of alkyl carbamates (subject to hydrolysis) is 2. The number of carbonyl (C=O) groups is 8. The van der Waals surface area contributed by atoms with Gasteiger partial charge < -0.3 is 65.0 Å². The summed E-state index contributed by atoms with van der Waals surface area (Å²) in [5.74, 6) is -8.77. The first-order valence-corrected chi connectivity index (χ1v) is 32.8. The molecule has 2 heterocycles. The van der Waals surface area contributed by atoms with Crippen molar-refractivity contribution in [3.63, 3.8) is 0 Å². The number of halogens is 6. The first-order chi connectivity index (χ1) is 44.5. The quantitative estimate of drug-likeness (QED) is 0.0178. The number of benzene rings is 4. The molecule has 0 aromatic heterocycles. The Hall–Kier alpha value is -7.92. The van der Waals surface area contributed by atoms with Crippen molar-refractivity contribution in [3.8, 4) is 11.5 Å². The van der Waals surface area contributed by atoms with Gasteiger partial charge in [0.15, 0.2) is 46.2 Å². The SMILES string of the molecule is CC(C)(C)OC(=O)N[C@@H](CC(=O)N1CCS[C@H]1C(=O)O)Cc1cc(F)c(F)cc1F.CCOC(=O)[C@H](Oc1ccc(CN)cc1)C(C)C.CCOC(=O)[C@H](Oc1ccc(CNC(=O)[C@@H]2SCCN2C(=O)C[C@@H](Cc2cc(F)c(F)cc2F)NC(=O)OC(C)(C)C)cc1)C(C)C. The maximum absolute atomic E-state index is 14.5. The van der Waals surface area contributed by atoms with Crippen LogP contribution < -0.4 is 31.2 Å². The van der Waals surface area contributed by atoms with Crippen molar-refractivity contribution in [1.29, 1.82) is 0 Å². The smallest absolute Gasteiger partial charge is 0.407 e. The number of carboxylic acid groups (broad SMARTS) is 1. The zero-order valence-corrected chi connectivity index (χ0v) is 56.9. The molecule has 0 aliphatic carbocycles. The van der Waals surface area contributed by atoms with Gasteiger partial charge in [0.2, 0.25) is 11.8 Å². The van der Waals surface area contributed by atoms with Crippen LogP contribution in [0, 0.1) is 46.7 Å². The van der Waals surface area contributed by atoms with E-state index in [9.17, 15) is 69.8 Å². The van der Waals surface area contributed by atoms with Crippen molar-refractivity contribution < 1.29 is 98.2 Å². The van der Waals surface area contributed by atoms with E-state index in [1.54, 1.807) is 79.7 Å². The minimum atomic E-state index is -1.36. The molecule has 0 spiro atoms. The van der Waals surface area contributed by atoms with E-state index < -0.39 is 123 Å². The Morgan fingerprint density at radius 2 is 0.937 bits per heavy atom. The lowest BCUT2D eigenvalue weighted by molar-refractivity contribution is -0.154. The molecule has 4 aromatic rings. The van der Waals surface area contributed by atoms with Gasteiger partial charge in [-0.1, -0.05) is 52.0 Å². The number of hydrogen-bond donors (Lipinski definition) is 5. The monoisotopic (exact) mass is 1380 g/mol. The Bertz CT molecular complexity index is 3250. The first-order valence-electron chi connectivity index (χ1n) is 30.7. The number of amides is 5. The lowest BCUT2D eigenvalue weighted by Gasteiger charge is -2.27. The fraction of sp³-hybridized carbons (Fsp3) is 0.515. The molecule has 2 aliphatic heterocycles. The summed E-state index contributed by atoms with van der Waals surface area (Å²) in [5.41, 5.74) is 5.11. The Morgan fingerprint density at radius 1 is 0.568 bits per heavy atom. The number of hydrogen-bond acceptors (Lipinski definition) is 17. The molecule has 29 heteroatoms. The highest BCUT2D eigenvalue weighted by Gasteiger charge is 2.38. The van der Waals surface area contributed by atoms with E-state index in [-0.39, 0.29) is 80.9 Å². The molecular weight excluding hydrogens is 1290 g/mol. The summed E-state index contributed by atoms with van der Waals surface area (Å²) in [7, 11) is 0. The van der Waals surface area contributed by atoms with Gasteiger partial charge in [0.05, 0.1) is 13.2 Å². The summed E-state index contributed by atoms with van der Waals surface area (Å²) >= 11 is 2.35. The number of carboxylic acids is 1. The topological polar surface area (TPSA) is 281 Å². The van der Waals surface area contributed by atoms with Crippen molar-refractivity contribution in [2.45, 2.75) is 168 Å². The lowest BCUT2D eigenvalue weighted by Crippen LogP contribution is -2.48. The van der Waals surface area contributed by atoms with Crippen LogP contribution in [-0.4, -0.2) is 147 Å². The molecule has 6 rings (SSSR count). The fourth-order valence-electron chi connectivity index (χ4n) is 9.12. The number of nitrogens with zero attached hydrogens (tertiary/aromatic N) is 2. The number of carbonyl (C=O) groups excluding carboxylic acids is 7. The molecule has 0 bridgehead atoms. The average molecular weight is 1380 g/mol. The molecule has 6 atom stereocenters. The Morgan fingerprint density at radius 3 is 1.29 bits per heavy atom. The van der Waals surface area contributed by atoms with Gasteiger partial charge in [-0.15, -0.1) is 23.5 Å². The largest absolute Gasteiger partial charge is 0.479 e.